The highest BCUT2D eigenvalue weighted by atomic mass is 79.9. The van der Waals surface area contributed by atoms with Gasteiger partial charge in [-0.3, -0.25) is 4.90 Å². The monoisotopic (exact) mass is 375 g/mol. The Morgan fingerprint density at radius 1 is 1.33 bits per heavy atom. The molecule has 2 rings (SSSR count). The Balaban J connectivity index is 2.18. The average molecular weight is 376 g/mol. The SMILES string of the molecule is NC(=S)c1ccc(N2CCCN(CCO)CC2)c(F)c1Br. The lowest BCUT2D eigenvalue weighted by atomic mass is 10.1. The van der Waals surface area contributed by atoms with Crippen molar-refractivity contribution >= 4 is 38.8 Å². The summed E-state index contributed by atoms with van der Waals surface area (Å²) in [5, 5.41) is 9.01. The Morgan fingerprint density at radius 3 is 2.76 bits per heavy atom. The van der Waals surface area contributed by atoms with Crippen molar-refractivity contribution in [3.05, 3.63) is 28.0 Å². The van der Waals surface area contributed by atoms with Crippen LogP contribution in [0, 0.1) is 5.82 Å². The number of thiocarbonyl (C=S) groups is 1. The molecule has 3 N–H and O–H groups in total. The Bertz CT molecular complexity index is 529. The smallest absolute Gasteiger partial charge is 0.161 e. The first-order valence-electron chi connectivity index (χ1n) is 6.90. The summed E-state index contributed by atoms with van der Waals surface area (Å²) in [7, 11) is 0. The maximum absolute atomic E-state index is 14.5. The molecule has 21 heavy (non-hydrogen) atoms. The predicted molar refractivity (Wildman–Crippen MR) is 90.3 cm³/mol. The van der Waals surface area contributed by atoms with Crippen molar-refractivity contribution in [1.29, 1.82) is 0 Å². The van der Waals surface area contributed by atoms with E-state index in [0.29, 0.717) is 22.3 Å². The topological polar surface area (TPSA) is 52.7 Å². The van der Waals surface area contributed by atoms with Gasteiger partial charge in [0.25, 0.3) is 0 Å². The number of aliphatic hydroxyl groups excluding tert-OH is 1. The summed E-state index contributed by atoms with van der Waals surface area (Å²) in [5.41, 5.74) is 6.66. The van der Waals surface area contributed by atoms with Crippen molar-refractivity contribution in [1.82, 2.24) is 4.90 Å². The van der Waals surface area contributed by atoms with Gasteiger partial charge in [0.1, 0.15) is 4.99 Å². The number of rotatable bonds is 4. The second-order valence-electron chi connectivity index (χ2n) is 5.03. The lowest BCUT2D eigenvalue weighted by molar-refractivity contribution is 0.204. The van der Waals surface area contributed by atoms with Gasteiger partial charge in [-0.2, -0.15) is 0 Å². The van der Waals surface area contributed by atoms with Gasteiger partial charge in [0, 0.05) is 31.7 Å². The minimum Gasteiger partial charge on any atom is -0.395 e. The highest BCUT2D eigenvalue weighted by Gasteiger charge is 2.20. The second kappa shape index (κ2) is 7.49. The van der Waals surface area contributed by atoms with E-state index in [2.05, 4.69) is 20.8 Å². The van der Waals surface area contributed by atoms with E-state index in [1.54, 1.807) is 12.1 Å². The van der Waals surface area contributed by atoms with E-state index in [0.717, 1.165) is 32.6 Å². The van der Waals surface area contributed by atoms with Gasteiger partial charge in [0.2, 0.25) is 0 Å². The van der Waals surface area contributed by atoms with Crippen LogP contribution in [0.1, 0.15) is 12.0 Å². The van der Waals surface area contributed by atoms with E-state index in [9.17, 15) is 4.39 Å². The van der Waals surface area contributed by atoms with Gasteiger partial charge in [0.05, 0.1) is 16.8 Å². The largest absolute Gasteiger partial charge is 0.395 e. The van der Waals surface area contributed by atoms with Gasteiger partial charge < -0.3 is 15.7 Å². The van der Waals surface area contributed by atoms with Crippen LogP contribution in [-0.4, -0.2) is 54.3 Å². The third kappa shape index (κ3) is 3.91. The molecule has 116 valence electrons. The van der Waals surface area contributed by atoms with Crippen molar-refractivity contribution < 1.29 is 9.50 Å². The van der Waals surface area contributed by atoms with Crippen LogP contribution in [0.15, 0.2) is 16.6 Å². The quantitative estimate of drug-likeness (QED) is 0.784. The van der Waals surface area contributed by atoms with Crippen LogP contribution < -0.4 is 10.6 Å². The molecular formula is C14H19BrFN3OS. The molecule has 0 spiro atoms. The summed E-state index contributed by atoms with van der Waals surface area (Å²) in [6, 6.07) is 3.48. The molecule has 0 amide bonds. The minimum atomic E-state index is -0.323. The van der Waals surface area contributed by atoms with Crippen LogP contribution in [0.3, 0.4) is 0 Å². The molecule has 0 radical (unpaired) electrons. The van der Waals surface area contributed by atoms with Crippen molar-refractivity contribution in [3.63, 3.8) is 0 Å². The number of hydrogen-bond donors (Lipinski definition) is 2. The minimum absolute atomic E-state index is 0.155. The van der Waals surface area contributed by atoms with Crippen LogP contribution in [0.5, 0.6) is 0 Å². The zero-order valence-electron chi connectivity index (χ0n) is 11.7. The first-order chi connectivity index (χ1) is 10.0. The lowest BCUT2D eigenvalue weighted by Gasteiger charge is -2.24. The Hall–Kier alpha value is -0.760. The zero-order chi connectivity index (χ0) is 15.4. The maximum atomic E-state index is 14.5. The van der Waals surface area contributed by atoms with Crippen LogP contribution in [0.4, 0.5) is 10.1 Å². The number of anilines is 1. The highest BCUT2D eigenvalue weighted by molar-refractivity contribution is 9.10. The van der Waals surface area contributed by atoms with Crippen LogP contribution >= 0.6 is 28.1 Å². The molecule has 1 aliphatic rings. The van der Waals surface area contributed by atoms with Gasteiger partial charge in [0.15, 0.2) is 5.82 Å². The van der Waals surface area contributed by atoms with Gasteiger partial charge in [-0.15, -0.1) is 0 Å². The molecule has 1 aromatic carbocycles. The van der Waals surface area contributed by atoms with E-state index in [4.69, 9.17) is 23.1 Å². The number of nitrogens with zero attached hydrogens (tertiary/aromatic N) is 2. The molecule has 1 saturated heterocycles. The van der Waals surface area contributed by atoms with Gasteiger partial charge in [-0.05, 0) is 41.0 Å². The third-order valence-corrected chi connectivity index (χ3v) is 4.67. The van der Waals surface area contributed by atoms with E-state index in [1.807, 2.05) is 4.90 Å². The van der Waals surface area contributed by atoms with Crippen LogP contribution in [0.2, 0.25) is 0 Å². The number of β-amino-alcohol motifs (C(OH)–C–C–N with tert-alkyl or cyclic N) is 1. The highest BCUT2D eigenvalue weighted by Crippen LogP contribution is 2.30. The van der Waals surface area contributed by atoms with Crippen molar-refractivity contribution in [2.75, 3.05) is 44.2 Å². The third-order valence-electron chi connectivity index (χ3n) is 3.67. The Morgan fingerprint density at radius 2 is 2.10 bits per heavy atom. The number of nitrogens with two attached hydrogens (primary N) is 1. The molecule has 0 unspecified atom stereocenters. The first-order valence-corrected chi connectivity index (χ1v) is 8.10. The molecule has 1 fully saturated rings. The summed E-state index contributed by atoms with van der Waals surface area (Å²) in [4.78, 5) is 4.40. The molecule has 0 aromatic heterocycles. The molecule has 0 atom stereocenters. The Kier molecular flexibility index (Phi) is 5.92. The van der Waals surface area contributed by atoms with E-state index in [-0.39, 0.29) is 17.4 Å². The molecule has 7 heteroatoms. The van der Waals surface area contributed by atoms with E-state index >= 15 is 0 Å². The first kappa shape index (κ1) is 16.6. The van der Waals surface area contributed by atoms with E-state index in [1.165, 1.54) is 0 Å². The van der Waals surface area contributed by atoms with Gasteiger partial charge >= 0.3 is 0 Å². The number of aliphatic hydroxyl groups is 1. The molecule has 4 nitrogen and oxygen atoms in total. The molecule has 0 aliphatic carbocycles. The number of halogens is 2. The van der Waals surface area contributed by atoms with E-state index < -0.39 is 0 Å². The fraction of sp³-hybridized carbons (Fsp3) is 0.500. The normalized spacial score (nSPS) is 16.8. The van der Waals surface area contributed by atoms with Crippen molar-refractivity contribution in [2.45, 2.75) is 6.42 Å². The number of benzene rings is 1. The molecule has 0 saturated carbocycles. The second-order valence-corrected chi connectivity index (χ2v) is 6.26. The fourth-order valence-electron chi connectivity index (χ4n) is 2.55. The van der Waals surface area contributed by atoms with Gasteiger partial charge in [-0.25, -0.2) is 4.39 Å². The molecule has 1 heterocycles. The van der Waals surface area contributed by atoms with Crippen LogP contribution in [-0.2, 0) is 0 Å². The maximum Gasteiger partial charge on any atom is 0.161 e. The molecular weight excluding hydrogens is 357 g/mol. The summed E-state index contributed by atoms with van der Waals surface area (Å²) in [6.07, 6.45) is 0.939. The zero-order valence-corrected chi connectivity index (χ0v) is 14.1. The standard InChI is InChI=1S/C14H19BrFN3OS/c15-12-10(14(17)21)2-3-11(13(12)16)19-5-1-4-18(6-7-19)8-9-20/h2-3,20H,1,4-9H2,(H2,17,21). The van der Waals surface area contributed by atoms with Gasteiger partial charge in [-0.1, -0.05) is 12.2 Å². The molecule has 1 aromatic rings. The van der Waals surface area contributed by atoms with Crippen LogP contribution in [0.25, 0.3) is 0 Å². The predicted octanol–water partition coefficient (Wildman–Crippen LogP) is 1.73. The molecule has 1 aliphatic heterocycles. The average Bonchev–Trinajstić information content (AvgIpc) is 2.67. The summed E-state index contributed by atoms with van der Waals surface area (Å²) >= 11 is 8.15. The number of hydrogen-bond acceptors (Lipinski definition) is 4. The van der Waals surface area contributed by atoms with Crippen molar-refractivity contribution in [3.8, 4) is 0 Å². The summed E-state index contributed by atoms with van der Waals surface area (Å²) in [6.45, 7) is 4.08. The van der Waals surface area contributed by atoms with Crippen molar-refractivity contribution in [2.24, 2.45) is 5.73 Å². The Labute approximate surface area is 137 Å². The summed E-state index contributed by atoms with van der Waals surface area (Å²) in [5.74, 6) is -0.323. The fourth-order valence-corrected chi connectivity index (χ4v) is 3.40. The molecule has 0 bridgehead atoms. The lowest BCUT2D eigenvalue weighted by Crippen LogP contribution is -2.32. The summed E-state index contributed by atoms with van der Waals surface area (Å²) < 4.78 is 14.9.